The van der Waals surface area contributed by atoms with E-state index < -0.39 is 0 Å². The first-order chi connectivity index (χ1) is 10.3. The highest BCUT2D eigenvalue weighted by atomic mass is 32.2. The van der Waals surface area contributed by atoms with Gasteiger partial charge in [0.15, 0.2) is 0 Å². The van der Waals surface area contributed by atoms with Crippen molar-refractivity contribution in [3.8, 4) is 0 Å². The average molecular weight is 309 g/mol. The second-order valence-corrected chi connectivity index (χ2v) is 6.93. The van der Waals surface area contributed by atoms with Gasteiger partial charge in [-0.2, -0.15) is 5.10 Å². The molecule has 0 aliphatic carbocycles. The average Bonchev–Trinajstić information content (AvgIpc) is 3.14. The molecule has 6 heteroatoms. The Bertz CT molecular complexity index is 485. The predicted octanol–water partition coefficient (Wildman–Crippen LogP) is 1.92. The van der Waals surface area contributed by atoms with E-state index in [9.17, 15) is 4.79 Å². The number of amides is 1. The second-order valence-electron chi connectivity index (χ2n) is 5.62. The van der Waals surface area contributed by atoms with Crippen molar-refractivity contribution >= 4 is 17.7 Å². The summed E-state index contributed by atoms with van der Waals surface area (Å²) in [5, 5.41) is 4.50. The quantitative estimate of drug-likeness (QED) is 0.852. The predicted molar refractivity (Wildman–Crippen MR) is 83.2 cm³/mol. The Balaban J connectivity index is 1.78. The van der Waals surface area contributed by atoms with Gasteiger partial charge in [0.2, 0.25) is 5.91 Å². The fourth-order valence-corrected chi connectivity index (χ4v) is 4.30. The SMILES string of the molecule is CCOC[C@H]1CCn2nccc2CN1C(=O)[C@@H]1CCCS1. The van der Waals surface area contributed by atoms with Crippen LogP contribution in [0.25, 0.3) is 0 Å². The third kappa shape index (κ3) is 3.26. The van der Waals surface area contributed by atoms with Crippen molar-refractivity contribution in [2.75, 3.05) is 19.0 Å². The highest BCUT2D eigenvalue weighted by molar-refractivity contribution is 8.00. The van der Waals surface area contributed by atoms with E-state index in [-0.39, 0.29) is 17.2 Å². The first kappa shape index (κ1) is 14.9. The summed E-state index contributed by atoms with van der Waals surface area (Å²) >= 11 is 1.81. The number of hydrogen-bond acceptors (Lipinski definition) is 4. The lowest BCUT2D eigenvalue weighted by Crippen LogP contribution is -2.45. The van der Waals surface area contributed by atoms with Gasteiger partial charge in [-0.05, 0) is 38.0 Å². The van der Waals surface area contributed by atoms with Crippen LogP contribution >= 0.6 is 11.8 Å². The van der Waals surface area contributed by atoms with E-state index >= 15 is 0 Å². The van der Waals surface area contributed by atoms with Gasteiger partial charge in [-0.15, -0.1) is 11.8 Å². The lowest BCUT2D eigenvalue weighted by Gasteiger charge is -2.31. The summed E-state index contributed by atoms with van der Waals surface area (Å²) in [4.78, 5) is 14.9. The minimum Gasteiger partial charge on any atom is -0.380 e. The van der Waals surface area contributed by atoms with Crippen LogP contribution in [0.15, 0.2) is 12.3 Å². The number of carbonyl (C=O) groups is 1. The van der Waals surface area contributed by atoms with E-state index in [1.807, 2.05) is 28.8 Å². The molecule has 0 spiro atoms. The molecule has 0 aromatic carbocycles. The van der Waals surface area contributed by atoms with Crippen molar-refractivity contribution in [3.05, 3.63) is 18.0 Å². The molecule has 3 rings (SSSR count). The molecule has 2 aliphatic rings. The minimum absolute atomic E-state index is 0.142. The molecule has 1 amide bonds. The lowest BCUT2D eigenvalue weighted by atomic mass is 10.1. The summed E-state index contributed by atoms with van der Waals surface area (Å²) in [6.45, 7) is 4.85. The van der Waals surface area contributed by atoms with Crippen molar-refractivity contribution in [3.63, 3.8) is 0 Å². The van der Waals surface area contributed by atoms with Gasteiger partial charge in [-0.1, -0.05) is 0 Å². The smallest absolute Gasteiger partial charge is 0.236 e. The van der Waals surface area contributed by atoms with Crippen molar-refractivity contribution in [2.24, 2.45) is 0 Å². The summed E-state index contributed by atoms with van der Waals surface area (Å²) in [6, 6.07) is 2.19. The van der Waals surface area contributed by atoms with Gasteiger partial charge in [0.25, 0.3) is 0 Å². The van der Waals surface area contributed by atoms with Crippen LogP contribution in [0.3, 0.4) is 0 Å². The van der Waals surface area contributed by atoms with Gasteiger partial charge in [-0.3, -0.25) is 9.48 Å². The van der Waals surface area contributed by atoms with Crippen LogP contribution in [0, 0.1) is 0 Å². The maximum absolute atomic E-state index is 12.9. The third-order valence-electron chi connectivity index (χ3n) is 4.25. The van der Waals surface area contributed by atoms with E-state index in [1.165, 1.54) is 0 Å². The molecule has 3 heterocycles. The molecule has 116 valence electrons. The van der Waals surface area contributed by atoms with Crippen molar-refractivity contribution < 1.29 is 9.53 Å². The number of ether oxygens (including phenoxy) is 1. The van der Waals surface area contributed by atoms with Crippen LogP contribution in [0.1, 0.15) is 31.9 Å². The van der Waals surface area contributed by atoms with E-state index in [4.69, 9.17) is 4.74 Å². The molecule has 1 fully saturated rings. The van der Waals surface area contributed by atoms with E-state index in [2.05, 4.69) is 5.10 Å². The third-order valence-corrected chi connectivity index (χ3v) is 5.62. The summed E-state index contributed by atoms with van der Waals surface area (Å²) in [5.74, 6) is 1.40. The van der Waals surface area contributed by atoms with Gasteiger partial charge in [0.05, 0.1) is 30.1 Å². The second kappa shape index (κ2) is 6.83. The molecule has 5 nitrogen and oxygen atoms in total. The number of aromatic nitrogens is 2. The molecule has 1 saturated heterocycles. The Morgan fingerprint density at radius 1 is 1.52 bits per heavy atom. The number of thioether (sulfide) groups is 1. The normalized spacial score (nSPS) is 25.7. The zero-order chi connectivity index (χ0) is 14.7. The number of hydrogen-bond donors (Lipinski definition) is 0. The fraction of sp³-hybridized carbons (Fsp3) is 0.733. The van der Waals surface area contributed by atoms with Gasteiger partial charge in [0.1, 0.15) is 0 Å². The highest BCUT2D eigenvalue weighted by Crippen LogP contribution is 2.30. The Morgan fingerprint density at radius 2 is 2.43 bits per heavy atom. The van der Waals surface area contributed by atoms with Crippen LogP contribution in [-0.2, 0) is 22.6 Å². The molecule has 0 saturated carbocycles. The van der Waals surface area contributed by atoms with Gasteiger partial charge >= 0.3 is 0 Å². The standard InChI is InChI=1S/C15H23N3O2S/c1-2-20-11-13-6-8-18-12(5-7-16-18)10-17(13)15(19)14-4-3-9-21-14/h5,7,13-14H,2-4,6,8-11H2,1H3/t13-,14+/m1/s1. The maximum atomic E-state index is 12.9. The molecular weight excluding hydrogens is 286 g/mol. The van der Waals surface area contributed by atoms with Crippen molar-refractivity contribution in [1.82, 2.24) is 14.7 Å². The Kier molecular flexibility index (Phi) is 4.85. The van der Waals surface area contributed by atoms with Crippen LogP contribution in [0.2, 0.25) is 0 Å². The summed E-state index contributed by atoms with van der Waals surface area (Å²) in [6.07, 6.45) is 4.91. The molecule has 0 unspecified atom stereocenters. The fourth-order valence-electron chi connectivity index (χ4n) is 3.07. The summed E-state index contributed by atoms with van der Waals surface area (Å²) in [5.41, 5.74) is 1.13. The van der Waals surface area contributed by atoms with Crippen LogP contribution in [0.5, 0.6) is 0 Å². The van der Waals surface area contributed by atoms with Gasteiger partial charge < -0.3 is 9.64 Å². The lowest BCUT2D eigenvalue weighted by molar-refractivity contribution is -0.135. The molecule has 21 heavy (non-hydrogen) atoms. The number of nitrogens with zero attached hydrogens (tertiary/aromatic N) is 3. The van der Waals surface area contributed by atoms with Crippen molar-refractivity contribution in [2.45, 2.75) is 50.6 Å². The zero-order valence-electron chi connectivity index (χ0n) is 12.5. The van der Waals surface area contributed by atoms with Crippen molar-refractivity contribution in [1.29, 1.82) is 0 Å². The van der Waals surface area contributed by atoms with E-state index in [1.54, 1.807) is 11.8 Å². The van der Waals surface area contributed by atoms with Crippen LogP contribution < -0.4 is 0 Å². The van der Waals surface area contributed by atoms with Gasteiger partial charge in [0, 0.05) is 19.3 Å². The largest absolute Gasteiger partial charge is 0.380 e. The summed E-state index contributed by atoms with van der Waals surface area (Å²) in [7, 11) is 0. The minimum atomic E-state index is 0.142. The molecule has 1 aromatic heterocycles. The molecular formula is C15H23N3O2S. The first-order valence-electron chi connectivity index (χ1n) is 7.80. The Morgan fingerprint density at radius 3 is 3.19 bits per heavy atom. The van der Waals surface area contributed by atoms with Crippen LogP contribution in [0.4, 0.5) is 0 Å². The number of fused-ring (bicyclic) bond motifs is 1. The highest BCUT2D eigenvalue weighted by Gasteiger charge is 2.34. The molecule has 0 radical (unpaired) electrons. The topological polar surface area (TPSA) is 47.4 Å². The number of rotatable bonds is 4. The van der Waals surface area contributed by atoms with E-state index in [0.717, 1.165) is 37.3 Å². The van der Waals surface area contributed by atoms with E-state index in [0.29, 0.717) is 19.8 Å². The first-order valence-corrected chi connectivity index (χ1v) is 8.85. The maximum Gasteiger partial charge on any atom is 0.236 e. The zero-order valence-corrected chi connectivity index (χ0v) is 13.3. The monoisotopic (exact) mass is 309 g/mol. The van der Waals surface area contributed by atoms with Gasteiger partial charge in [-0.25, -0.2) is 0 Å². The van der Waals surface area contributed by atoms with Crippen LogP contribution in [-0.4, -0.2) is 50.8 Å². The summed E-state index contributed by atoms with van der Waals surface area (Å²) < 4.78 is 7.64. The Hall–Kier alpha value is -1.01. The number of carbonyl (C=O) groups excluding carboxylic acids is 1. The number of aryl methyl sites for hydroxylation is 1. The molecule has 1 aromatic rings. The molecule has 0 bridgehead atoms. The Labute approximate surface area is 130 Å². The molecule has 2 aliphatic heterocycles. The molecule has 2 atom stereocenters. The molecule has 0 N–H and O–H groups in total.